The van der Waals surface area contributed by atoms with Gasteiger partial charge in [-0.05, 0) is 54.0 Å². The Labute approximate surface area is 97.0 Å². The van der Waals surface area contributed by atoms with E-state index in [1.165, 1.54) is 12.1 Å². The van der Waals surface area contributed by atoms with Crippen LogP contribution in [0.5, 0.6) is 0 Å². The molecule has 0 fully saturated rings. The zero-order valence-corrected chi connectivity index (χ0v) is 10.4. The highest BCUT2D eigenvalue weighted by molar-refractivity contribution is 9.10. The van der Waals surface area contributed by atoms with E-state index in [-0.39, 0.29) is 11.5 Å². The molecule has 1 rings (SSSR count). The first-order valence-electron chi connectivity index (χ1n) is 4.83. The van der Waals surface area contributed by atoms with Crippen molar-refractivity contribution in [2.24, 2.45) is 5.92 Å². The average molecular weight is 278 g/mol. The maximum atomic E-state index is 13.6. The van der Waals surface area contributed by atoms with Crippen molar-refractivity contribution < 1.29 is 8.78 Å². The normalized spacial score (nSPS) is 12.9. The second-order valence-corrected chi connectivity index (χ2v) is 4.54. The zero-order chi connectivity index (χ0) is 11.4. The molecule has 1 N–H and O–H groups in total. The van der Waals surface area contributed by atoms with Crippen LogP contribution in [0.4, 0.5) is 8.78 Å². The van der Waals surface area contributed by atoms with Gasteiger partial charge >= 0.3 is 0 Å². The molecule has 1 atom stereocenters. The Hall–Kier alpha value is -0.480. The summed E-state index contributed by atoms with van der Waals surface area (Å²) in [5, 5.41) is 2.98. The lowest BCUT2D eigenvalue weighted by atomic mass is 10.0. The molecule has 0 heterocycles. The summed E-state index contributed by atoms with van der Waals surface area (Å²) in [6.45, 7) is 2.70. The molecular formula is C11H14BrF2N. The van der Waals surface area contributed by atoms with Crippen molar-refractivity contribution in [1.29, 1.82) is 0 Å². The summed E-state index contributed by atoms with van der Waals surface area (Å²) >= 11 is 3.05. The number of hydrogen-bond donors (Lipinski definition) is 1. The molecule has 1 unspecified atom stereocenters. The number of hydrogen-bond acceptors (Lipinski definition) is 1. The molecular weight excluding hydrogens is 264 g/mol. The molecule has 0 spiro atoms. The fourth-order valence-corrected chi connectivity index (χ4v) is 1.90. The van der Waals surface area contributed by atoms with E-state index in [4.69, 9.17) is 0 Å². The third kappa shape index (κ3) is 3.24. The third-order valence-electron chi connectivity index (χ3n) is 2.24. The highest BCUT2D eigenvalue weighted by Gasteiger charge is 2.14. The van der Waals surface area contributed by atoms with E-state index in [0.29, 0.717) is 10.9 Å². The molecule has 0 amide bonds. The first-order valence-corrected chi connectivity index (χ1v) is 5.62. The van der Waals surface area contributed by atoms with Crippen molar-refractivity contribution in [1.82, 2.24) is 5.32 Å². The number of halogens is 3. The second kappa shape index (κ2) is 5.56. The van der Waals surface area contributed by atoms with Gasteiger partial charge in [0.05, 0.1) is 4.47 Å². The fraction of sp³-hybridized carbons (Fsp3) is 0.455. The van der Waals surface area contributed by atoms with Crippen molar-refractivity contribution in [3.8, 4) is 0 Å². The Morgan fingerprint density at radius 1 is 1.40 bits per heavy atom. The van der Waals surface area contributed by atoms with Crippen LogP contribution in [0, 0.1) is 17.6 Å². The molecule has 1 aromatic rings. The van der Waals surface area contributed by atoms with Crippen LogP contribution < -0.4 is 5.32 Å². The quantitative estimate of drug-likeness (QED) is 0.834. The Kier molecular flexibility index (Phi) is 4.67. The highest BCUT2D eigenvalue weighted by Crippen LogP contribution is 2.23. The maximum Gasteiger partial charge on any atom is 0.143 e. The molecule has 0 aliphatic heterocycles. The van der Waals surface area contributed by atoms with Crippen LogP contribution in [0.25, 0.3) is 0 Å². The first-order chi connectivity index (χ1) is 7.06. The van der Waals surface area contributed by atoms with Crippen LogP contribution in [0.15, 0.2) is 16.6 Å². The predicted molar refractivity (Wildman–Crippen MR) is 60.9 cm³/mol. The van der Waals surface area contributed by atoms with E-state index >= 15 is 0 Å². The topological polar surface area (TPSA) is 12.0 Å². The van der Waals surface area contributed by atoms with E-state index < -0.39 is 11.6 Å². The molecule has 4 heteroatoms. The minimum absolute atomic E-state index is 0.159. The lowest BCUT2D eigenvalue weighted by molar-refractivity contribution is 0.490. The monoisotopic (exact) mass is 277 g/mol. The zero-order valence-electron chi connectivity index (χ0n) is 8.78. The SMILES string of the molecule is CNCC(C)Cc1c(F)ccc(Br)c1F. The van der Waals surface area contributed by atoms with Crippen molar-refractivity contribution in [3.63, 3.8) is 0 Å². The Morgan fingerprint density at radius 2 is 2.07 bits per heavy atom. The van der Waals surface area contributed by atoms with Gasteiger partial charge in [-0.25, -0.2) is 8.78 Å². The van der Waals surface area contributed by atoms with E-state index in [9.17, 15) is 8.78 Å². The molecule has 84 valence electrons. The van der Waals surface area contributed by atoms with Crippen LogP contribution in [-0.4, -0.2) is 13.6 Å². The lowest BCUT2D eigenvalue weighted by Crippen LogP contribution is -2.19. The molecule has 0 saturated carbocycles. The number of nitrogens with one attached hydrogen (secondary N) is 1. The molecule has 0 radical (unpaired) electrons. The first kappa shape index (κ1) is 12.6. The van der Waals surface area contributed by atoms with Crippen molar-refractivity contribution in [2.75, 3.05) is 13.6 Å². The van der Waals surface area contributed by atoms with Gasteiger partial charge in [-0.2, -0.15) is 0 Å². The molecule has 15 heavy (non-hydrogen) atoms. The summed E-state index contributed by atoms with van der Waals surface area (Å²) in [5.41, 5.74) is 0.159. The summed E-state index contributed by atoms with van der Waals surface area (Å²) in [6.07, 6.45) is 0.401. The van der Waals surface area contributed by atoms with Crippen LogP contribution >= 0.6 is 15.9 Å². The van der Waals surface area contributed by atoms with Gasteiger partial charge in [-0.1, -0.05) is 6.92 Å². The summed E-state index contributed by atoms with van der Waals surface area (Å²) in [6, 6.07) is 2.67. The molecule has 1 nitrogen and oxygen atoms in total. The Balaban J connectivity index is 2.88. The van der Waals surface area contributed by atoms with Gasteiger partial charge in [-0.15, -0.1) is 0 Å². The van der Waals surface area contributed by atoms with Gasteiger partial charge in [0, 0.05) is 5.56 Å². The van der Waals surface area contributed by atoms with Crippen molar-refractivity contribution in [2.45, 2.75) is 13.3 Å². The fourth-order valence-electron chi connectivity index (χ4n) is 1.53. The summed E-state index contributed by atoms with van der Waals surface area (Å²) < 4.78 is 27.2. The Morgan fingerprint density at radius 3 is 2.67 bits per heavy atom. The molecule has 0 aliphatic carbocycles. The summed E-state index contributed by atoms with van der Waals surface area (Å²) in [5.74, 6) is -0.759. The van der Waals surface area contributed by atoms with E-state index in [0.717, 1.165) is 6.54 Å². The lowest BCUT2D eigenvalue weighted by Gasteiger charge is -2.12. The molecule has 0 aliphatic rings. The molecule has 0 aromatic heterocycles. The van der Waals surface area contributed by atoms with Gasteiger partial charge in [0.1, 0.15) is 11.6 Å². The standard InChI is InChI=1S/C11H14BrF2N/c1-7(6-15-2)5-8-10(13)4-3-9(12)11(8)14/h3-4,7,15H,5-6H2,1-2H3. The largest absolute Gasteiger partial charge is 0.319 e. The molecule has 0 bridgehead atoms. The van der Waals surface area contributed by atoms with Gasteiger partial charge in [0.2, 0.25) is 0 Å². The van der Waals surface area contributed by atoms with Gasteiger partial charge in [0.15, 0.2) is 0 Å². The van der Waals surface area contributed by atoms with Crippen molar-refractivity contribution in [3.05, 3.63) is 33.8 Å². The van der Waals surface area contributed by atoms with Crippen molar-refractivity contribution >= 4 is 15.9 Å². The van der Waals surface area contributed by atoms with E-state index in [1.807, 2.05) is 14.0 Å². The predicted octanol–water partition coefficient (Wildman–Crippen LogP) is 3.13. The van der Waals surface area contributed by atoms with Crippen LogP contribution in [0.3, 0.4) is 0 Å². The van der Waals surface area contributed by atoms with Crippen LogP contribution in [0.2, 0.25) is 0 Å². The minimum atomic E-state index is -0.488. The van der Waals surface area contributed by atoms with Crippen LogP contribution in [0.1, 0.15) is 12.5 Å². The molecule has 0 saturated heterocycles. The summed E-state index contributed by atoms with van der Waals surface area (Å²) in [4.78, 5) is 0. The second-order valence-electron chi connectivity index (χ2n) is 3.69. The summed E-state index contributed by atoms with van der Waals surface area (Å²) in [7, 11) is 1.82. The average Bonchev–Trinajstić information content (AvgIpc) is 2.19. The van der Waals surface area contributed by atoms with Crippen LogP contribution in [-0.2, 0) is 6.42 Å². The maximum absolute atomic E-state index is 13.6. The molecule has 1 aromatic carbocycles. The third-order valence-corrected chi connectivity index (χ3v) is 2.86. The minimum Gasteiger partial charge on any atom is -0.319 e. The highest BCUT2D eigenvalue weighted by atomic mass is 79.9. The Bertz CT molecular complexity index is 342. The van der Waals surface area contributed by atoms with E-state index in [1.54, 1.807) is 0 Å². The van der Waals surface area contributed by atoms with E-state index in [2.05, 4.69) is 21.2 Å². The van der Waals surface area contributed by atoms with Gasteiger partial charge < -0.3 is 5.32 Å². The van der Waals surface area contributed by atoms with Gasteiger partial charge in [0.25, 0.3) is 0 Å². The van der Waals surface area contributed by atoms with Gasteiger partial charge in [-0.3, -0.25) is 0 Å². The number of benzene rings is 1. The smallest absolute Gasteiger partial charge is 0.143 e. The number of rotatable bonds is 4.